The third-order valence-corrected chi connectivity index (χ3v) is 4.01. The summed E-state index contributed by atoms with van der Waals surface area (Å²) in [6, 6.07) is 4.17. The first-order valence-corrected chi connectivity index (χ1v) is 7.38. The van der Waals surface area contributed by atoms with Crippen molar-refractivity contribution in [2.24, 2.45) is 11.1 Å². The van der Waals surface area contributed by atoms with Crippen LogP contribution < -0.4 is 11.1 Å². The average molecular weight is 262 g/mol. The molecule has 1 aromatic heterocycles. The SMILES string of the molecule is CC(C)(CN)CNc1ccc(C2CCCCC2)nn1. The molecular weight excluding hydrogens is 236 g/mol. The van der Waals surface area contributed by atoms with Gasteiger partial charge in [0.2, 0.25) is 0 Å². The summed E-state index contributed by atoms with van der Waals surface area (Å²) < 4.78 is 0. The Morgan fingerprint density at radius 1 is 1.21 bits per heavy atom. The van der Waals surface area contributed by atoms with E-state index in [0.29, 0.717) is 12.5 Å². The molecule has 0 spiro atoms. The maximum Gasteiger partial charge on any atom is 0.148 e. The van der Waals surface area contributed by atoms with Crippen LogP contribution in [0.15, 0.2) is 12.1 Å². The highest BCUT2D eigenvalue weighted by Crippen LogP contribution is 2.31. The van der Waals surface area contributed by atoms with Crippen LogP contribution in [0.2, 0.25) is 0 Å². The smallest absolute Gasteiger partial charge is 0.148 e. The molecule has 4 nitrogen and oxygen atoms in total. The third-order valence-electron chi connectivity index (χ3n) is 4.01. The number of nitrogens with one attached hydrogen (secondary N) is 1. The molecule has 1 heterocycles. The van der Waals surface area contributed by atoms with E-state index in [1.165, 1.54) is 32.1 Å². The van der Waals surface area contributed by atoms with Gasteiger partial charge in [-0.25, -0.2) is 0 Å². The summed E-state index contributed by atoms with van der Waals surface area (Å²) in [5, 5.41) is 12.0. The molecule has 1 aliphatic carbocycles. The molecule has 2 rings (SSSR count). The second-order valence-electron chi connectivity index (χ2n) is 6.40. The zero-order valence-corrected chi connectivity index (χ0v) is 12.2. The van der Waals surface area contributed by atoms with Crippen LogP contribution in [0.3, 0.4) is 0 Å². The summed E-state index contributed by atoms with van der Waals surface area (Å²) in [6.07, 6.45) is 6.56. The highest BCUT2D eigenvalue weighted by Gasteiger charge is 2.18. The zero-order chi connectivity index (χ0) is 13.7. The highest BCUT2D eigenvalue weighted by molar-refractivity contribution is 5.33. The normalized spacial score (nSPS) is 17.4. The molecule has 1 aromatic rings. The van der Waals surface area contributed by atoms with Crippen LogP contribution in [0.25, 0.3) is 0 Å². The molecule has 0 aromatic carbocycles. The lowest BCUT2D eigenvalue weighted by atomic mass is 9.87. The van der Waals surface area contributed by atoms with Crippen molar-refractivity contribution in [3.8, 4) is 0 Å². The predicted molar refractivity (Wildman–Crippen MR) is 79.2 cm³/mol. The van der Waals surface area contributed by atoms with E-state index in [0.717, 1.165) is 18.1 Å². The number of nitrogens with two attached hydrogens (primary N) is 1. The molecule has 1 fully saturated rings. The average Bonchev–Trinajstić information content (AvgIpc) is 2.47. The lowest BCUT2D eigenvalue weighted by Gasteiger charge is -2.23. The van der Waals surface area contributed by atoms with E-state index in [2.05, 4.69) is 35.4 Å². The van der Waals surface area contributed by atoms with Crippen molar-refractivity contribution in [2.75, 3.05) is 18.4 Å². The minimum absolute atomic E-state index is 0.0870. The van der Waals surface area contributed by atoms with Gasteiger partial charge in [-0.2, -0.15) is 5.10 Å². The van der Waals surface area contributed by atoms with Crippen LogP contribution in [0.4, 0.5) is 5.82 Å². The molecule has 0 bridgehead atoms. The summed E-state index contributed by atoms with van der Waals surface area (Å²) in [7, 11) is 0. The molecule has 1 saturated carbocycles. The quantitative estimate of drug-likeness (QED) is 0.856. The molecular formula is C15H26N4. The fourth-order valence-corrected chi connectivity index (χ4v) is 2.45. The first kappa shape index (κ1) is 14.3. The van der Waals surface area contributed by atoms with Crippen molar-refractivity contribution in [1.29, 1.82) is 0 Å². The Bertz CT molecular complexity index is 380. The summed E-state index contributed by atoms with van der Waals surface area (Å²) in [5.74, 6) is 1.47. The van der Waals surface area contributed by atoms with E-state index in [-0.39, 0.29) is 5.41 Å². The van der Waals surface area contributed by atoms with Crippen molar-refractivity contribution in [3.63, 3.8) is 0 Å². The highest BCUT2D eigenvalue weighted by atomic mass is 15.2. The summed E-state index contributed by atoms with van der Waals surface area (Å²) >= 11 is 0. The van der Waals surface area contributed by atoms with Crippen LogP contribution in [0.1, 0.15) is 57.6 Å². The number of hydrogen-bond donors (Lipinski definition) is 2. The number of aromatic nitrogens is 2. The molecule has 4 heteroatoms. The van der Waals surface area contributed by atoms with E-state index >= 15 is 0 Å². The minimum atomic E-state index is 0.0870. The molecule has 106 valence electrons. The van der Waals surface area contributed by atoms with Crippen molar-refractivity contribution < 1.29 is 0 Å². The predicted octanol–water partition coefficient (Wildman–Crippen LogP) is 2.92. The maximum absolute atomic E-state index is 5.72. The van der Waals surface area contributed by atoms with E-state index in [4.69, 9.17) is 5.73 Å². The lowest BCUT2D eigenvalue weighted by Crippen LogP contribution is -2.31. The van der Waals surface area contributed by atoms with Gasteiger partial charge in [0.1, 0.15) is 5.82 Å². The third kappa shape index (κ3) is 4.16. The van der Waals surface area contributed by atoms with Crippen molar-refractivity contribution in [1.82, 2.24) is 10.2 Å². The molecule has 0 aliphatic heterocycles. The number of nitrogens with zero attached hydrogens (tertiary/aromatic N) is 2. The monoisotopic (exact) mass is 262 g/mol. The molecule has 0 amide bonds. The standard InChI is InChI=1S/C15H26N4/c1-15(2,10-16)11-17-14-9-8-13(18-19-14)12-6-4-3-5-7-12/h8-9,12H,3-7,10-11,16H2,1-2H3,(H,17,19). The largest absolute Gasteiger partial charge is 0.368 e. The summed E-state index contributed by atoms with van der Waals surface area (Å²) in [6.45, 7) is 5.77. The van der Waals surface area contributed by atoms with Crippen LogP contribution in [0, 0.1) is 5.41 Å². The van der Waals surface area contributed by atoms with E-state index in [9.17, 15) is 0 Å². The molecule has 1 aliphatic rings. The summed E-state index contributed by atoms with van der Waals surface area (Å²) in [4.78, 5) is 0. The minimum Gasteiger partial charge on any atom is -0.368 e. The second-order valence-corrected chi connectivity index (χ2v) is 6.40. The van der Waals surface area contributed by atoms with Gasteiger partial charge in [-0.1, -0.05) is 33.1 Å². The fraction of sp³-hybridized carbons (Fsp3) is 0.733. The zero-order valence-electron chi connectivity index (χ0n) is 12.2. The molecule has 19 heavy (non-hydrogen) atoms. The second kappa shape index (κ2) is 6.33. The number of hydrogen-bond acceptors (Lipinski definition) is 4. The molecule has 0 saturated heterocycles. The Hall–Kier alpha value is -1.16. The maximum atomic E-state index is 5.72. The van der Waals surface area contributed by atoms with Gasteiger partial charge in [-0.15, -0.1) is 5.10 Å². The van der Waals surface area contributed by atoms with E-state index in [1.807, 2.05) is 6.07 Å². The van der Waals surface area contributed by atoms with Crippen LogP contribution in [-0.4, -0.2) is 23.3 Å². The first-order valence-electron chi connectivity index (χ1n) is 7.38. The number of rotatable bonds is 5. The van der Waals surface area contributed by atoms with Gasteiger partial charge < -0.3 is 11.1 Å². The van der Waals surface area contributed by atoms with Gasteiger partial charge in [-0.05, 0) is 36.9 Å². The van der Waals surface area contributed by atoms with Crippen molar-refractivity contribution in [2.45, 2.75) is 51.9 Å². The lowest BCUT2D eigenvalue weighted by molar-refractivity contribution is 0.405. The van der Waals surface area contributed by atoms with Crippen molar-refractivity contribution >= 4 is 5.82 Å². The summed E-state index contributed by atoms with van der Waals surface area (Å²) in [5.41, 5.74) is 6.96. The number of anilines is 1. The van der Waals surface area contributed by atoms with Crippen LogP contribution in [-0.2, 0) is 0 Å². The Morgan fingerprint density at radius 2 is 1.95 bits per heavy atom. The Morgan fingerprint density at radius 3 is 2.53 bits per heavy atom. The Kier molecular flexibility index (Phi) is 4.75. The van der Waals surface area contributed by atoms with E-state index in [1.54, 1.807) is 0 Å². The molecule has 0 atom stereocenters. The first-order chi connectivity index (χ1) is 9.11. The van der Waals surface area contributed by atoms with Gasteiger partial charge in [0.05, 0.1) is 5.69 Å². The molecule has 0 unspecified atom stereocenters. The van der Waals surface area contributed by atoms with Gasteiger partial charge in [0, 0.05) is 12.5 Å². The van der Waals surface area contributed by atoms with Crippen molar-refractivity contribution in [3.05, 3.63) is 17.8 Å². The fourth-order valence-electron chi connectivity index (χ4n) is 2.45. The van der Waals surface area contributed by atoms with Crippen LogP contribution in [0.5, 0.6) is 0 Å². The Balaban J connectivity index is 1.91. The van der Waals surface area contributed by atoms with Gasteiger partial charge in [-0.3, -0.25) is 0 Å². The topological polar surface area (TPSA) is 63.8 Å². The van der Waals surface area contributed by atoms with Gasteiger partial charge in [0.25, 0.3) is 0 Å². The van der Waals surface area contributed by atoms with E-state index < -0.39 is 0 Å². The van der Waals surface area contributed by atoms with Crippen LogP contribution >= 0.6 is 0 Å². The van der Waals surface area contributed by atoms with Gasteiger partial charge >= 0.3 is 0 Å². The Labute approximate surface area is 116 Å². The van der Waals surface area contributed by atoms with Gasteiger partial charge in [0.15, 0.2) is 0 Å². The molecule has 0 radical (unpaired) electrons. The molecule has 3 N–H and O–H groups in total.